The Morgan fingerprint density at radius 3 is 2.77 bits per heavy atom. The molecule has 0 radical (unpaired) electrons. The zero-order valence-electron chi connectivity index (χ0n) is 14.2. The van der Waals surface area contributed by atoms with Crippen molar-refractivity contribution in [1.82, 2.24) is 10.3 Å². The van der Waals surface area contributed by atoms with Crippen molar-refractivity contribution in [2.75, 3.05) is 13.2 Å². The van der Waals surface area contributed by atoms with Gasteiger partial charge in [0.15, 0.2) is 0 Å². The second-order valence-corrected chi connectivity index (χ2v) is 6.42. The number of pyridine rings is 1. The molecular formula is C21H19FN2O2. The highest BCUT2D eigenvalue weighted by molar-refractivity contribution is 6.07. The number of benzene rings is 2. The zero-order chi connectivity index (χ0) is 17.9. The van der Waals surface area contributed by atoms with E-state index in [1.807, 2.05) is 24.3 Å². The van der Waals surface area contributed by atoms with E-state index in [1.54, 1.807) is 18.2 Å². The molecule has 1 fully saturated rings. The highest BCUT2D eigenvalue weighted by Crippen LogP contribution is 2.25. The first-order valence-corrected chi connectivity index (χ1v) is 8.76. The van der Waals surface area contributed by atoms with Crippen molar-refractivity contribution in [2.24, 2.45) is 0 Å². The van der Waals surface area contributed by atoms with Gasteiger partial charge in [0.2, 0.25) is 0 Å². The SMILES string of the molecule is O=C(NCC1CCCO1)c1cc(-c2ccc(F)cc2)nc2ccccc12. The van der Waals surface area contributed by atoms with E-state index in [1.165, 1.54) is 12.1 Å². The molecule has 0 aliphatic carbocycles. The summed E-state index contributed by atoms with van der Waals surface area (Å²) >= 11 is 0. The lowest BCUT2D eigenvalue weighted by Crippen LogP contribution is -2.31. The first kappa shape index (κ1) is 16.7. The topological polar surface area (TPSA) is 51.2 Å². The predicted octanol–water partition coefficient (Wildman–Crippen LogP) is 3.95. The molecule has 1 saturated heterocycles. The quantitative estimate of drug-likeness (QED) is 0.775. The summed E-state index contributed by atoms with van der Waals surface area (Å²) in [5.74, 6) is -0.452. The van der Waals surface area contributed by atoms with Crippen LogP contribution in [0, 0.1) is 5.82 Å². The summed E-state index contributed by atoms with van der Waals surface area (Å²) in [7, 11) is 0. The number of ether oxygens (including phenoxy) is 1. The minimum Gasteiger partial charge on any atom is -0.376 e. The van der Waals surface area contributed by atoms with Crippen molar-refractivity contribution in [3.05, 3.63) is 66.0 Å². The summed E-state index contributed by atoms with van der Waals surface area (Å²) in [6.45, 7) is 1.26. The molecule has 132 valence electrons. The van der Waals surface area contributed by atoms with Crippen LogP contribution in [0.5, 0.6) is 0 Å². The van der Waals surface area contributed by atoms with Gasteiger partial charge in [0.25, 0.3) is 5.91 Å². The van der Waals surface area contributed by atoms with E-state index in [9.17, 15) is 9.18 Å². The normalized spacial score (nSPS) is 16.7. The highest BCUT2D eigenvalue weighted by Gasteiger charge is 2.18. The second-order valence-electron chi connectivity index (χ2n) is 6.42. The molecule has 5 heteroatoms. The standard InChI is InChI=1S/C21H19FN2O2/c22-15-9-7-14(8-10-15)20-12-18(17-5-1-2-6-19(17)24-20)21(25)23-13-16-4-3-11-26-16/h1-2,5-10,12,16H,3-4,11,13H2,(H,23,25). The molecule has 1 aliphatic rings. The first-order chi connectivity index (χ1) is 12.7. The zero-order valence-corrected chi connectivity index (χ0v) is 14.2. The summed E-state index contributed by atoms with van der Waals surface area (Å²) in [6, 6.07) is 15.4. The molecule has 2 heterocycles. The second kappa shape index (κ2) is 7.22. The number of amides is 1. The minimum atomic E-state index is -0.302. The van der Waals surface area contributed by atoms with Crippen molar-refractivity contribution in [1.29, 1.82) is 0 Å². The summed E-state index contributed by atoms with van der Waals surface area (Å²) in [4.78, 5) is 17.4. The maximum atomic E-state index is 13.2. The van der Waals surface area contributed by atoms with Gasteiger partial charge in [0.1, 0.15) is 5.82 Å². The van der Waals surface area contributed by atoms with Gasteiger partial charge in [-0.2, -0.15) is 0 Å². The minimum absolute atomic E-state index is 0.0867. The Labute approximate surface area is 151 Å². The van der Waals surface area contributed by atoms with E-state index in [0.717, 1.165) is 35.9 Å². The molecule has 0 saturated carbocycles. The van der Waals surface area contributed by atoms with E-state index < -0.39 is 0 Å². The summed E-state index contributed by atoms with van der Waals surface area (Å²) in [6.07, 6.45) is 2.09. The molecule has 1 amide bonds. The molecule has 2 aromatic carbocycles. The van der Waals surface area contributed by atoms with E-state index in [4.69, 9.17) is 4.74 Å². The van der Waals surface area contributed by atoms with Crippen LogP contribution in [-0.2, 0) is 4.74 Å². The molecule has 26 heavy (non-hydrogen) atoms. The molecule has 1 aromatic heterocycles. The van der Waals surface area contributed by atoms with Crippen LogP contribution >= 0.6 is 0 Å². The summed E-state index contributed by atoms with van der Waals surface area (Å²) in [5.41, 5.74) is 2.71. The van der Waals surface area contributed by atoms with E-state index in [0.29, 0.717) is 17.8 Å². The lowest BCUT2D eigenvalue weighted by molar-refractivity contribution is 0.0859. The van der Waals surface area contributed by atoms with Crippen LogP contribution in [-0.4, -0.2) is 30.1 Å². The van der Waals surface area contributed by atoms with E-state index in [-0.39, 0.29) is 17.8 Å². The van der Waals surface area contributed by atoms with Crippen molar-refractivity contribution in [2.45, 2.75) is 18.9 Å². The molecule has 0 spiro atoms. The number of hydrogen-bond acceptors (Lipinski definition) is 3. The Bertz CT molecular complexity index is 934. The Balaban J connectivity index is 1.69. The Morgan fingerprint density at radius 1 is 1.19 bits per heavy atom. The van der Waals surface area contributed by atoms with Gasteiger partial charge < -0.3 is 10.1 Å². The maximum Gasteiger partial charge on any atom is 0.252 e. The number of rotatable bonds is 4. The van der Waals surface area contributed by atoms with Gasteiger partial charge in [0.05, 0.1) is 22.9 Å². The number of nitrogens with zero attached hydrogens (tertiary/aromatic N) is 1. The van der Waals surface area contributed by atoms with Crippen molar-refractivity contribution in [3.63, 3.8) is 0 Å². The van der Waals surface area contributed by atoms with E-state index in [2.05, 4.69) is 10.3 Å². The van der Waals surface area contributed by atoms with Gasteiger partial charge in [-0.25, -0.2) is 9.37 Å². The third kappa shape index (κ3) is 3.44. The van der Waals surface area contributed by atoms with Crippen LogP contribution in [0.4, 0.5) is 4.39 Å². The number of para-hydroxylation sites is 1. The Morgan fingerprint density at radius 2 is 2.00 bits per heavy atom. The fourth-order valence-electron chi connectivity index (χ4n) is 3.24. The van der Waals surface area contributed by atoms with Gasteiger partial charge in [-0.1, -0.05) is 18.2 Å². The van der Waals surface area contributed by atoms with E-state index >= 15 is 0 Å². The molecule has 4 nitrogen and oxygen atoms in total. The summed E-state index contributed by atoms with van der Waals surface area (Å²) in [5, 5.41) is 3.76. The largest absolute Gasteiger partial charge is 0.376 e. The lowest BCUT2D eigenvalue weighted by Gasteiger charge is -2.13. The molecule has 0 bridgehead atoms. The number of hydrogen-bond donors (Lipinski definition) is 1. The van der Waals surface area contributed by atoms with Crippen molar-refractivity contribution < 1.29 is 13.9 Å². The smallest absolute Gasteiger partial charge is 0.252 e. The molecule has 4 rings (SSSR count). The lowest BCUT2D eigenvalue weighted by atomic mass is 10.0. The van der Waals surface area contributed by atoms with Crippen LogP contribution in [0.1, 0.15) is 23.2 Å². The number of aromatic nitrogens is 1. The van der Waals surface area contributed by atoms with Gasteiger partial charge in [0, 0.05) is 24.1 Å². The van der Waals surface area contributed by atoms with Gasteiger partial charge >= 0.3 is 0 Å². The number of fused-ring (bicyclic) bond motifs is 1. The van der Waals surface area contributed by atoms with Crippen LogP contribution in [0.3, 0.4) is 0 Å². The van der Waals surface area contributed by atoms with Crippen LogP contribution in [0.15, 0.2) is 54.6 Å². The van der Waals surface area contributed by atoms with Crippen LogP contribution < -0.4 is 5.32 Å². The average molecular weight is 350 g/mol. The van der Waals surface area contributed by atoms with Crippen LogP contribution in [0.25, 0.3) is 22.2 Å². The first-order valence-electron chi connectivity index (χ1n) is 8.76. The van der Waals surface area contributed by atoms with Crippen LogP contribution in [0.2, 0.25) is 0 Å². The maximum absolute atomic E-state index is 13.2. The highest BCUT2D eigenvalue weighted by atomic mass is 19.1. The Kier molecular flexibility index (Phi) is 4.63. The van der Waals surface area contributed by atoms with Crippen molar-refractivity contribution in [3.8, 4) is 11.3 Å². The van der Waals surface area contributed by atoms with Gasteiger partial charge in [-0.15, -0.1) is 0 Å². The molecule has 1 unspecified atom stereocenters. The number of halogens is 1. The fraction of sp³-hybridized carbons (Fsp3) is 0.238. The molecule has 1 atom stereocenters. The van der Waals surface area contributed by atoms with Crippen molar-refractivity contribution >= 4 is 16.8 Å². The molecule has 1 N–H and O–H groups in total. The number of carbonyl (C=O) groups is 1. The monoisotopic (exact) mass is 350 g/mol. The number of nitrogens with one attached hydrogen (secondary N) is 1. The van der Waals surface area contributed by atoms with Gasteiger partial charge in [-0.05, 0) is 49.2 Å². The fourth-order valence-corrected chi connectivity index (χ4v) is 3.24. The number of carbonyl (C=O) groups excluding carboxylic acids is 1. The Hall–Kier alpha value is -2.79. The summed E-state index contributed by atoms with van der Waals surface area (Å²) < 4.78 is 18.8. The third-order valence-corrected chi connectivity index (χ3v) is 4.62. The predicted molar refractivity (Wildman–Crippen MR) is 98.4 cm³/mol. The molecule has 1 aliphatic heterocycles. The third-order valence-electron chi connectivity index (χ3n) is 4.62. The average Bonchev–Trinajstić information content (AvgIpc) is 3.19. The van der Waals surface area contributed by atoms with Gasteiger partial charge in [-0.3, -0.25) is 4.79 Å². The molecular weight excluding hydrogens is 331 g/mol. The molecule has 3 aromatic rings.